The van der Waals surface area contributed by atoms with E-state index in [-0.39, 0.29) is 5.91 Å². The lowest BCUT2D eigenvalue weighted by Gasteiger charge is -2.12. The van der Waals surface area contributed by atoms with Crippen molar-refractivity contribution in [3.8, 4) is 11.3 Å². The van der Waals surface area contributed by atoms with Gasteiger partial charge in [0, 0.05) is 47.6 Å². The van der Waals surface area contributed by atoms with Crippen molar-refractivity contribution in [3.63, 3.8) is 0 Å². The van der Waals surface area contributed by atoms with Gasteiger partial charge in [0.05, 0.1) is 11.2 Å². The van der Waals surface area contributed by atoms with Gasteiger partial charge in [0.1, 0.15) is 5.82 Å². The Labute approximate surface area is 162 Å². The monoisotopic (exact) mass is 372 g/mol. The van der Waals surface area contributed by atoms with Crippen molar-refractivity contribution < 1.29 is 4.79 Å². The zero-order chi connectivity index (χ0) is 19.3. The molecule has 0 saturated carbocycles. The number of hydrogen-bond acceptors (Lipinski definition) is 5. The van der Waals surface area contributed by atoms with E-state index in [2.05, 4.69) is 25.8 Å². The van der Waals surface area contributed by atoms with Crippen LogP contribution in [-0.4, -0.2) is 34.2 Å². The number of carbonyl (C=O) groups is 1. The van der Waals surface area contributed by atoms with E-state index in [4.69, 9.17) is 5.73 Å². The molecule has 0 bridgehead atoms. The Morgan fingerprint density at radius 3 is 2.68 bits per heavy atom. The number of H-pyrrole nitrogens is 1. The van der Waals surface area contributed by atoms with Crippen LogP contribution < -0.4 is 16.4 Å². The molecule has 2 aromatic carbocycles. The van der Waals surface area contributed by atoms with Gasteiger partial charge in [-0.15, -0.1) is 0 Å². The van der Waals surface area contributed by atoms with Crippen molar-refractivity contribution in [3.05, 3.63) is 72.4 Å². The molecule has 7 nitrogen and oxygen atoms in total. The molecule has 5 N–H and O–H groups in total. The van der Waals surface area contributed by atoms with E-state index in [1.165, 1.54) is 0 Å². The molecule has 7 heteroatoms. The van der Waals surface area contributed by atoms with E-state index in [1.54, 1.807) is 24.4 Å². The summed E-state index contributed by atoms with van der Waals surface area (Å²) >= 11 is 0. The molecule has 140 valence electrons. The highest BCUT2D eigenvalue weighted by atomic mass is 16.1. The topological polar surface area (TPSA) is 109 Å². The van der Waals surface area contributed by atoms with Crippen LogP contribution in [0.4, 0.5) is 11.5 Å². The fourth-order valence-electron chi connectivity index (χ4n) is 3.04. The summed E-state index contributed by atoms with van der Waals surface area (Å²) in [6.07, 6.45) is 1.71. The highest BCUT2D eigenvalue weighted by molar-refractivity contribution is 5.95. The van der Waals surface area contributed by atoms with Crippen LogP contribution in [-0.2, 0) is 0 Å². The Bertz CT molecular complexity index is 1090. The first-order valence-electron chi connectivity index (χ1n) is 8.98. The van der Waals surface area contributed by atoms with Crippen LogP contribution in [0.15, 0.2) is 66.9 Å². The predicted molar refractivity (Wildman–Crippen MR) is 111 cm³/mol. The van der Waals surface area contributed by atoms with E-state index < -0.39 is 0 Å². The number of aromatic amines is 1. The van der Waals surface area contributed by atoms with Crippen LogP contribution in [0.3, 0.4) is 0 Å². The fourth-order valence-corrected chi connectivity index (χ4v) is 3.04. The molecule has 2 heterocycles. The van der Waals surface area contributed by atoms with Gasteiger partial charge in [0.25, 0.3) is 5.91 Å². The maximum Gasteiger partial charge on any atom is 0.251 e. The van der Waals surface area contributed by atoms with Crippen molar-refractivity contribution in [2.45, 2.75) is 0 Å². The summed E-state index contributed by atoms with van der Waals surface area (Å²) in [5.74, 6) is 0.343. The van der Waals surface area contributed by atoms with Gasteiger partial charge in [-0.05, 0) is 24.3 Å². The largest absolute Gasteiger partial charge is 0.384 e. The van der Waals surface area contributed by atoms with Gasteiger partial charge >= 0.3 is 0 Å². The van der Waals surface area contributed by atoms with Crippen molar-refractivity contribution >= 4 is 28.3 Å². The fraction of sp³-hybridized carbons (Fsp3) is 0.0952. The standard InChI is InChI=1S/C21H20N6O/c22-20-13-18(23-10-11-24-21(28)14-4-2-1-3-5-14)16-7-6-15(12-19(16)26-20)17-8-9-25-27-17/h1-9,12-13H,10-11H2,(H,24,28)(H,25,27)(H3,22,23,26). The summed E-state index contributed by atoms with van der Waals surface area (Å²) in [6, 6.07) is 18.8. The number of amides is 1. The molecule has 0 unspecified atom stereocenters. The first-order valence-corrected chi connectivity index (χ1v) is 8.98. The van der Waals surface area contributed by atoms with Gasteiger partial charge in [0.15, 0.2) is 0 Å². The smallest absolute Gasteiger partial charge is 0.251 e. The van der Waals surface area contributed by atoms with Gasteiger partial charge in [-0.3, -0.25) is 9.89 Å². The number of nitrogens with zero attached hydrogens (tertiary/aromatic N) is 2. The van der Waals surface area contributed by atoms with E-state index in [0.717, 1.165) is 27.8 Å². The number of nitrogens with one attached hydrogen (secondary N) is 3. The maximum absolute atomic E-state index is 12.1. The Balaban J connectivity index is 1.45. The van der Waals surface area contributed by atoms with Gasteiger partial charge in [0.2, 0.25) is 0 Å². The molecule has 0 atom stereocenters. The number of nitrogens with two attached hydrogens (primary N) is 1. The molecular weight excluding hydrogens is 352 g/mol. The van der Waals surface area contributed by atoms with Crippen molar-refractivity contribution in [1.82, 2.24) is 20.5 Å². The lowest BCUT2D eigenvalue weighted by atomic mass is 10.1. The first-order chi connectivity index (χ1) is 13.7. The van der Waals surface area contributed by atoms with Gasteiger partial charge < -0.3 is 16.4 Å². The Hall–Kier alpha value is -3.87. The van der Waals surface area contributed by atoms with Gasteiger partial charge in [-0.1, -0.05) is 30.3 Å². The summed E-state index contributed by atoms with van der Waals surface area (Å²) in [5.41, 5.74) is 10.2. The molecule has 0 fully saturated rings. The Morgan fingerprint density at radius 2 is 1.89 bits per heavy atom. The highest BCUT2D eigenvalue weighted by Crippen LogP contribution is 2.28. The van der Waals surface area contributed by atoms with E-state index in [9.17, 15) is 4.79 Å². The molecule has 0 saturated heterocycles. The number of fused-ring (bicyclic) bond motifs is 1. The molecular formula is C21H20N6O. The van der Waals surface area contributed by atoms with E-state index in [1.807, 2.05) is 42.5 Å². The summed E-state index contributed by atoms with van der Waals surface area (Å²) in [7, 11) is 0. The average Bonchev–Trinajstić information content (AvgIpc) is 3.26. The summed E-state index contributed by atoms with van der Waals surface area (Å²) in [4.78, 5) is 16.5. The van der Waals surface area contributed by atoms with Crippen LogP contribution in [0.1, 0.15) is 10.4 Å². The van der Waals surface area contributed by atoms with Gasteiger partial charge in [-0.2, -0.15) is 5.10 Å². The summed E-state index contributed by atoms with van der Waals surface area (Å²) in [5, 5.41) is 14.1. The van der Waals surface area contributed by atoms with E-state index >= 15 is 0 Å². The van der Waals surface area contributed by atoms with Gasteiger partial charge in [-0.25, -0.2) is 4.98 Å². The second-order valence-corrected chi connectivity index (χ2v) is 6.35. The third-order valence-electron chi connectivity index (χ3n) is 4.40. The first kappa shape index (κ1) is 17.5. The molecule has 0 spiro atoms. The minimum Gasteiger partial charge on any atom is -0.384 e. The molecule has 0 aliphatic carbocycles. The number of hydrogen-bond donors (Lipinski definition) is 4. The normalized spacial score (nSPS) is 10.7. The zero-order valence-electron chi connectivity index (χ0n) is 15.1. The molecule has 28 heavy (non-hydrogen) atoms. The van der Waals surface area contributed by atoms with Crippen molar-refractivity contribution in [2.75, 3.05) is 24.1 Å². The number of carbonyl (C=O) groups excluding carboxylic acids is 1. The molecule has 2 aromatic heterocycles. The number of anilines is 2. The molecule has 0 aliphatic rings. The Morgan fingerprint density at radius 1 is 1.04 bits per heavy atom. The lowest BCUT2D eigenvalue weighted by molar-refractivity contribution is 0.0955. The second kappa shape index (κ2) is 7.79. The molecule has 0 radical (unpaired) electrons. The maximum atomic E-state index is 12.1. The third-order valence-corrected chi connectivity index (χ3v) is 4.40. The van der Waals surface area contributed by atoms with Crippen molar-refractivity contribution in [1.29, 1.82) is 0 Å². The second-order valence-electron chi connectivity index (χ2n) is 6.35. The number of rotatable bonds is 6. The quantitative estimate of drug-likeness (QED) is 0.389. The van der Waals surface area contributed by atoms with Crippen LogP contribution in [0.25, 0.3) is 22.2 Å². The summed E-state index contributed by atoms with van der Waals surface area (Å²) in [6.45, 7) is 1.06. The number of benzene rings is 2. The number of pyridine rings is 1. The van der Waals surface area contributed by atoms with E-state index in [0.29, 0.717) is 24.5 Å². The predicted octanol–water partition coefficient (Wildman–Crippen LogP) is 3.05. The highest BCUT2D eigenvalue weighted by Gasteiger charge is 2.08. The third kappa shape index (κ3) is 3.78. The van der Waals surface area contributed by atoms with Crippen molar-refractivity contribution in [2.24, 2.45) is 0 Å². The van der Waals surface area contributed by atoms with Crippen LogP contribution in [0.2, 0.25) is 0 Å². The molecule has 0 aliphatic heterocycles. The zero-order valence-corrected chi connectivity index (χ0v) is 15.1. The number of aromatic nitrogens is 3. The van der Waals surface area contributed by atoms with Crippen LogP contribution in [0.5, 0.6) is 0 Å². The minimum atomic E-state index is -0.0919. The SMILES string of the molecule is Nc1cc(NCCNC(=O)c2ccccc2)c2ccc(-c3ccn[nH]3)cc2n1. The molecule has 4 aromatic rings. The number of nitrogen functional groups attached to an aromatic ring is 1. The molecule has 1 amide bonds. The summed E-state index contributed by atoms with van der Waals surface area (Å²) < 4.78 is 0. The average molecular weight is 372 g/mol. The Kier molecular flexibility index (Phi) is 4.88. The lowest BCUT2D eigenvalue weighted by Crippen LogP contribution is -2.28. The van der Waals surface area contributed by atoms with Crippen LogP contribution in [0, 0.1) is 0 Å². The minimum absolute atomic E-state index is 0.0919. The van der Waals surface area contributed by atoms with Crippen LogP contribution >= 0.6 is 0 Å². The molecule has 4 rings (SSSR count).